The predicted octanol–water partition coefficient (Wildman–Crippen LogP) is 4.37. The molecule has 2 aromatic rings. The highest BCUT2D eigenvalue weighted by Crippen LogP contribution is 2.18. The van der Waals surface area contributed by atoms with Gasteiger partial charge in [-0.1, -0.05) is 37.3 Å². The van der Waals surface area contributed by atoms with Crippen molar-refractivity contribution in [3.8, 4) is 0 Å². The minimum absolute atomic E-state index is 0.469. The molecule has 0 radical (unpaired) electrons. The number of anilines is 1. The van der Waals surface area contributed by atoms with Gasteiger partial charge < -0.3 is 5.32 Å². The molecule has 0 bridgehead atoms. The van der Waals surface area contributed by atoms with Gasteiger partial charge in [0.25, 0.3) is 0 Å². The topological polar surface area (TPSA) is 24.9 Å². The molecule has 1 unspecified atom stereocenters. The zero-order valence-electron chi connectivity index (χ0n) is 10.7. The third-order valence-electron chi connectivity index (χ3n) is 2.98. The average Bonchev–Trinajstić information content (AvgIpc) is 2.41. The summed E-state index contributed by atoms with van der Waals surface area (Å²) in [6, 6.07) is 14.5. The molecule has 0 saturated heterocycles. The van der Waals surface area contributed by atoms with Gasteiger partial charge in [0.15, 0.2) is 0 Å². The van der Waals surface area contributed by atoms with Gasteiger partial charge in [-0.2, -0.15) is 0 Å². The highest BCUT2D eigenvalue weighted by molar-refractivity contribution is 9.10. The van der Waals surface area contributed by atoms with Crippen molar-refractivity contribution in [3.63, 3.8) is 0 Å². The standard InChI is InChI=1S/C15H17BrN2/c1-11(13-6-4-3-5-7-13)10-17-15-9-8-14(16)12(2)18-15/h3-9,11H,10H2,1-2H3,(H,17,18). The van der Waals surface area contributed by atoms with Crippen molar-refractivity contribution >= 4 is 21.7 Å². The molecule has 94 valence electrons. The molecule has 1 aromatic carbocycles. The largest absolute Gasteiger partial charge is 0.369 e. The molecule has 0 fully saturated rings. The van der Waals surface area contributed by atoms with Crippen LogP contribution in [0.25, 0.3) is 0 Å². The monoisotopic (exact) mass is 304 g/mol. The lowest BCUT2D eigenvalue weighted by atomic mass is 10.0. The van der Waals surface area contributed by atoms with Crippen LogP contribution in [0, 0.1) is 6.92 Å². The fourth-order valence-corrected chi connectivity index (χ4v) is 2.02. The normalized spacial score (nSPS) is 12.2. The molecule has 0 aliphatic rings. The van der Waals surface area contributed by atoms with E-state index >= 15 is 0 Å². The smallest absolute Gasteiger partial charge is 0.126 e. The first kappa shape index (κ1) is 13.1. The number of halogens is 1. The van der Waals surface area contributed by atoms with Crippen LogP contribution < -0.4 is 5.32 Å². The average molecular weight is 305 g/mol. The Hall–Kier alpha value is -1.35. The van der Waals surface area contributed by atoms with E-state index in [1.165, 1.54) is 5.56 Å². The van der Waals surface area contributed by atoms with Gasteiger partial charge in [-0.25, -0.2) is 4.98 Å². The van der Waals surface area contributed by atoms with E-state index < -0.39 is 0 Å². The summed E-state index contributed by atoms with van der Waals surface area (Å²) < 4.78 is 1.05. The maximum atomic E-state index is 4.48. The summed E-state index contributed by atoms with van der Waals surface area (Å²) in [6.45, 7) is 5.10. The number of nitrogens with zero attached hydrogens (tertiary/aromatic N) is 1. The molecule has 1 atom stereocenters. The molecule has 1 N–H and O–H groups in total. The Labute approximate surface area is 117 Å². The lowest BCUT2D eigenvalue weighted by molar-refractivity contribution is 0.801. The van der Waals surface area contributed by atoms with Crippen molar-refractivity contribution < 1.29 is 0 Å². The number of hydrogen-bond donors (Lipinski definition) is 1. The second-order valence-electron chi connectivity index (χ2n) is 4.46. The van der Waals surface area contributed by atoms with E-state index in [0.717, 1.165) is 22.5 Å². The number of benzene rings is 1. The summed E-state index contributed by atoms with van der Waals surface area (Å²) in [6.07, 6.45) is 0. The minimum Gasteiger partial charge on any atom is -0.369 e. The highest BCUT2D eigenvalue weighted by atomic mass is 79.9. The van der Waals surface area contributed by atoms with E-state index in [2.05, 4.69) is 57.4 Å². The van der Waals surface area contributed by atoms with E-state index in [0.29, 0.717) is 5.92 Å². The highest BCUT2D eigenvalue weighted by Gasteiger charge is 2.05. The van der Waals surface area contributed by atoms with E-state index in [1.807, 2.05) is 25.1 Å². The van der Waals surface area contributed by atoms with Crippen molar-refractivity contribution in [1.82, 2.24) is 4.98 Å². The number of aryl methyl sites for hydroxylation is 1. The molecule has 0 aliphatic heterocycles. The second-order valence-corrected chi connectivity index (χ2v) is 5.31. The molecule has 3 heteroatoms. The molecule has 0 aliphatic carbocycles. The first-order valence-corrected chi connectivity index (χ1v) is 6.88. The van der Waals surface area contributed by atoms with Crippen LogP contribution in [0.2, 0.25) is 0 Å². The summed E-state index contributed by atoms with van der Waals surface area (Å²) in [5.74, 6) is 1.40. The van der Waals surface area contributed by atoms with Crippen LogP contribution in [-0.4, -0.2) is 11.5 Å². The zero-order valence-corrected chi connectivity index (χ0v) is 12.2. The molecule has 2 rings (SSSR count). The van der Waals surface area contributed by atoms with Crippen molar-refractivity contribution in [2.75, 3.05) is 11.9 Å². The Morgan fingerprint density at radius 3 is 2.56 bits per heavy atom. The Morgan fingerprint density at radius 2 is 1.89 bits per heavy atom. The molecule has 1 aromatic heterocycles. The molecule has 0 spiro atoms. The van der Waals surface area contributed by atoms with Crippen molar-refractivity contribution in [2.45, 2.75) is 19.8 Å². The molecule has 18 heavy (non-hydrogen) atoms. The quantitative estimate of drug-likeness (QED) is 0.907. The SMILES string of the molecule is Cc1nc(NCC(C)c2ccccc2)ccc1Br. The van der Waals surface area contributed by atoms with Crippen LogP contribution in [0.3, 0.4) is 0 Å². The predicted molar refractivity (Wildman–Crippen MR) is 80.0 cm³/mol. The number of pyridine rings is 1. The van der Waals surface area contributed by atoms with Gasteiger partial charge in [-0.05, 0) is 46.5 Å². The van der Waals surface area contributed by atoms with Crippen LogP contribution in [0.4, 0.5) is 5.82 Å². The van der Waals surface area contributed by atoms with Crippen molar-refractivity contribution in [2.24, 2.45) is 0 Å². The molecular formula is C15H17BrN2. The lowest BCUT2D eigenvalue weighted by Gasteiger charge is -2.14. The number of nitrogens with one attached hydrogen (secondary N) is 1. The van der Waals surface area contributed by atoms with Gasteiger partial charge >= 0.3 is 0 Å². The van der Waals surface area contributed by atoms with Gasteiger partial charge in [0.05, 0.1) is 5.69 Å². The summed E-state index contributed by atoms with van der Waals surface area (Å²) in [4.78, 5) is 4.48. The number of aromatic nitrogens is 1. The Bertz CT molecular complexity index is 511. The van der Waals surface area contributed by atoms with E-state index in [9.17, 15) is 0 Å². The third kappa shape index (κ3) is 3.33. The van der Waals surface area contributed by atoms with E-state index in [1.54, 1.807) is 0 Å². The Morgan fingerprint density at radius 1 is 1.17 bits per heavy atom. The Balaban J connectivity index is 1.97. The van der Waals surface area contributed by atoms with E-state index in [-0.39, 0.29) is 0 Å². The lowest BCUT2D eigenvalue weighted by Crippen LogP contribution is -2.11. The number of rotatable bonds is 4. The van der Waals surface area contributed by atoms with Crippen molar-refractivity contribution in [3.05, 3.63) is 58.2 Å². The zero-order chi connectivity index (χ0) is 13.0. The summed E-state index contributed by atoms with van der Waals surface area (Å²) in [7, 11) is 0. The van der Waals surface area contributed by atoms with Gasteiger partial charge in [-0.15, -0.1) is 0 Å². The fraction of sp³-hybridized carbons (Fsp3) is 0.267. The molecule has 2 nitrogen and oxygen atoms in total. The van der Waals surface area contributed by atoms with Gasteiger partial charge in [0.2, 0.25) is 0 Å². The maximum Gasteiger partial charge on any atom is 0.126 e. The summed E-state index contributed by atoms with van der Waals surface area (Å²) >= 11 is 3.46. The van der Waals surface area contributed by atoms with Crippen LogP contribution >= 0.6 is 15.9 Å². The molecule has 0 amide bonds. The van der Waals surface area contributed by atoms with Gasteiger partial charge in [-0.3, -0.25) is 0 Å². The van der Waals surface area contributed by atoms with Crippen molar-refractivity contribution in [1.29, 1.82) is 0 Å². The molecular weight excluding hydrogens is 288 g/mol. The van der Waals surface area contributed by atoms with Crippen LogP contribution in [0.1, 0.15) is 24.1 Å². The first-order chi connectivity index (χ1) is 8.66. The van der Waals surface area contributed by atoms with Crippen LogP contribution in [0.5, 0.6) is 0 Å². The van der Waals surface area contributed by atoms with Gasteiger partial charge in [0.1, 0.15) is 5.82 Å². The molecule has 1 heterocycles. The Kier molecular flexibility index (Phi) is 4.37. The third-order valence-corrected chi connectivity index (χ3v) is 3.82. The summed E-state index contributed by atoms with van der Waals surface area (Å²) in [5.41, 5.74) is 2.35. The van der Waals surface area contributed by atoms with Crippen LogP contribution in [-0.2, 0) is 0 Å². The van der Waals surface area contributed by atoms with Gasteiger partial charge in [0, 0.05) is 11.0 Å². The molecule has 0 saturated carbocycles. The maximum absolute atomic E-state index is 4.48. The van der Waals surface area contributed by atoms with E-state index in [4.69, 9.17) is 0 Å². The number of hydrogen-bond acceptors (Lipinski definition) is 2. The van der Waals surface area contributed by atoms with Crippen LogP contribution in [0.15, 0.2) is 46.9 Å². The second kappa shape index (κ2) is 6.01. The fourth-order valence-electron chi connectivity index (χ4n) is 1.80. The first-order valence-electron chi connectivity index (χ1n) is 6.09. The minimum atomic E-state index is 0.469. The summed E-state index contributed by atoms with van der Waals surface area (Å²) in [5, 5.41) is 3.38.